The summed E-state index contributed by atoms with van der Waals surface area (Å²) in [6.45, 7) is -0.133. The molecule has 6 nitrogen and oxygen atoms in total. The van der Waals surface area contributed by atoms with Crippen LogP contribution in [0.3, 0.4) is 0 Å². The summed E-state index contributed by atoms with van der Waals surface area (Å²) in [4.78, 5) is 23.7. The average molecular weight is 407 g/mol. The minimum absolute atomic E-state index is 0.0414. The lowest BCUT2D eigenvalue weighted by atomic mass is 9.98. The Kier molecular flexibility index (Phi) is 5.86. The number of hydrogen-bond donors (Lipinski definition) is 3. The number of carboxylic acid groups (broad SMARTS) is 1. The van der Waals surface area contributed by atoms with E-state index in [2.05, 4.69) is 17.4 Å². The zero-order valence-corrected chi connectivity index (χ0v) is 16.6. The summed E-state index contributed by atoms with van der Waals surface area (Å²) in [6.07, 6.45) is 3.08. The predicted octanol–water partition coefficient (Wildman–Crippen LogP) is 3.70. The Morgan fingerprint density at radius 3 is 2.33 bits per heavy atom. The van der Waals surface area contributed by atoms with Crippen LogP contribution in [0.15, 0.2) is 60.2 Å². The Morgan fingerprint density at radius 1 is 1.10 bits per heavy atom. The molecule has 2 aromatic rings. The summed E-state index contributed by atoms with van der Waals surface area (Å²) >= 11 is 0. The molecule has 0 radical (unpaired) electrons. The van der Waals surface area contributed by atoms with Gasteiger partial charge in [-0.1, -0.05) is 60.2 Å². The van der Waals surface area contributed by atoms with Crippen LogP contribution in [0.2, 0.25) is 0 Å². The molecule has 2 aliphatic carbocycles. The van der Waals surface area contributed by atoms with Gasteiger partial charge in [-0.25, -0.2) is 4.79 Å². The van der Waals surface area contributed by atoms with Crippen molar-refractivity contribution < 1.29 is 24.5 Å². The van der Waals surface area contributed by atoms with Crippen molar-refractivity contribution in [2.24, 2.45) is 5.92 Å². The number of aliphatic hydroxyl groups is 1. The number of carbonyl (C=O) groups is 2. The lowest BCUT2D eigenvalue weighted by molar-refractivity contribution is -0.140. The molecule has 1 saturated carbocycles. The van der Waals surface area contributed by atoms with E-state index in [1.54, 1.807) is 6.08 Å². The number of aliphatic hydroxyl groups excluding tert-OH is 1. The first-order chi connectivity index (χ1) is 14.6. The lowest BCUT2D eigenvalue weighted by Gasteiger charge is -2.18. The van der Waals surface area contributed by atoms with Crippen molar-refractivity contribution in [3.63, 3.8) is 0 Å². The van der Waals surface area contributed by atoms with E-state index in [1.807, 2.05) is 36.4 Å². The topological polar surface area (TPSA) is 95.9 Å². The number of nitrogens with one attached hydrogen (secondary N) is 1. The number of rotatable bonds is 6. The highest BCUT2D eigenvalue weighted by Crippen LogP contribution is 2.44. The number of amides is 1. The normalized spacial score (nSPS) is 19.9. The number of aliphatic carboxylic acids is 1. The Morgan fingerprint density at radius 2 is 1.73 bits per heavy atom. The zero-order chi connectivity index (χ0) is 21.1. The van der Waals surface area contributed by atoms with E-state index in [0.717, 1.165) is 34.2 Å². The SMILES string of the molecule is O=C(N[C@H](/C=C1\CCC[C@H]1C(=O)O)CO)OCC1c2ccccc2-c2ccccc21. The Balaban J connectivity index is 1.42. The van der Waals surface area contributed by atoms with Crippen LogP contribution >= 0.6 is 0 Å². The molecule has 2 atom stereocenters. The molecule has 3 N–H and O–H groups in total. The van der Waals surface area contributed by atoms with Gasteiger partial charge in [-0.15, -0.1) is 0 Å². The Labute approximate surface area is 175 Å². The van der Waals surface area contributed by atoms with Gasteiger partial charge in [0.05, 0.1) is 18.6 Å². The molecule has 30 heavy (non-hydrogen) atoms. The third-order valence-corrected chi connectivity index (χ3v) is 5.96. The molecule has 2 aromatic carbocycles. The van der Waals surface area contributed by atoms with Crippen LogP contribution < -0.4 is 5.32 Å². The van der Waals surface area contributed by atoms with Crippen molar-refractivity contribution in [3.05, 3.63) is 71.3 Å². The average Bonchev–Trinajstić information content (AvgIpc) is 3.34. The van der Waals surface area contributed by atoms with E-state index < -0.39 is 24.0 Å². The molecule has 0 aliphatic heterocycles. The molecule has 0 bridgehead atoms. The van der Waals surface area contributed by atoms with Gasteiger partial charge >= 0.3 is 12.1 Å². The molecular weight excluding hydrogens is 382 g/mol. The Bertz CT molecular complexity index is 938. The van der Waals surface area contributed by atoms with Gasteiger partial charge in [-0.05, 0) is 41.5 Å². The maximum absolute atomic E-state index is 12.4. The standard InChI is InChI=1S/C24H25NO5/c26-13-16(12-15-6-5-11-17(15)23(27)28)25-24(29)30-14-22-20-9-3-1-7-18(20)19-8-2-4-10-21(19)22/h1-4,7-10,12,16-17,22,26H,5-6,11,13-14H2,(H,25,29)(H,27,28)/b15-12+/t16-,17-/m1/s1. The minimum Gasteiger partial charge on any atom is -0.481 e. The number of hydrogen-bond acceptors (Lipinski definition) is 4. The van der Waals surface area contributed by atoms with Crippen molar-refractivity contribution in [2.75, 3.05) is 13.2 Å². The highest BCUT2D eigenvalue weighted by molar-refractivity contribution is 5.79. The maximum Gasteiger partial charge on any atom is 0.407 e. The molecule has 1 amide bonds. The fraction of sp³-hybridized carbons (Fsp3) is 0.333. The van der Waals surface area contributed by atoms with Gasteiger partial charge in [0.1, 0.15) is 6.61 Å². The maximum atomic E-state index is 12.4. The summed E-state index contributed by atoms with van der Waals surface area (Å²) in [7, 11) is 0. The van der Waals surface area contributed by atoms with Crippen LogP contribution in [-0.2, 0) is 9.53 Å². The molecule has 6 heteroatoms. The second-order valence-corrected chi connectivity index (χ2v) is 7.78. The van der Waals surface area contributed by atoms with Crippen LogP contribution in [0, 0.1) is 5.92 Å². The van der Waals surface area contributed by atoms with E-state index in [9.17, 15) is 19.8 Å². The van der Waals surface area contributed by atoms with Crippen molar-refractivity contribution in [3.8, 4) is 11.1 Å². The van der Waals surface area contributed by atoms with Crippen LogP contribution in [0.5, 0.6) is 0 Å². The van der Waals surface area contributed by atoms with Crippen molar-refractivity contribution in [1.29, 1.82) is 0 Å². The highest BCUT2D eigenvalue weighted by Gasteiger charge is 2.30. The molecule has 4 rings (SSSR count). The van der Waals surface area contributed by atoms with Gasteiger partial charge in [0, 0.05) is 5.92 Å². The second-order valence-electron chi connectivity index (χ2n) is 7.78. The monoisotopic (exact) mass is 407 g/mol. The number of ether oxygens (including phenoxy) is 1. The van der Waals surface area contributed by atoms with E-state index in [0.29, 0.717) is 12.8 Å². The van der Waals surface area contributed by atoms with Gasteiger partial charge in [0.2, 0.25) is 0 Å². The fourth-order valence-corrected chi connectivity index (χ4v) is 4.54. The van der Waals surface area contributed by atoms with Gasteiger partial charge in [0.15, 0.2) is 0 Å². The smallest absolute Gasteiger partial charge is 0.407 e. The summed E-state index contributed by atoms with van der Waals surface area (Å²) in [6, 6.07) is 15.5. The number of carboxylic acids is 1. The first kappa shape index (κ1) is 20.2. The third kappa shape index (κ3) is 3.96. The fourth-order valence-electron chi connectivity index (χ4n) is 4.54. The molecule has 0 aromatic heterocycles. The first-order valence-electron chi connectivity index (χ1n) is 10.2. The van der Waals surface area contributed by atoms with Crippen molar-refractivity contribution >= 4 is 12.1 Å². The molecule has 156 valence electrons. The number of alkyl carbamates (subject to hydrolysis) is 1. The number of benzene rings is 2. The molecule has 0 heterocycles. The largest absolute Gasteiger partial charge is 0.481 e. The van der Waals surface area contributed by atoms with Crippen LogP contribution in [0.25, 0.3) is 11.1 Å². The van der Waals surface area contributed by atoms with Crippen LogP contribution in [0.1, 0.15) is 36.3 Å². The summed E-state index contributed by atoms with van der Waals surface area (Å²) in [5.41, 5.74) is 5.31. The van der Waals surface area contributed by atoms with E-state index in [4.69, 9.17) is 4.74 Å². The summed E-state index contributed by atoms with van der Waals surface area (Å²) in [5.74, 6) is -1.44. The van der Waals surface area contributed by atoms with Crippen molar-refractivity contribution in [2.45, 2.75) is 31.2 Å². The predicted molar refractivity (Wildman–Crippen MR) is 112 cm³/mol. The minimum atomic E-state index is -0.864. The summed E-state index contributed by atoms with van der Waals surface area (Å²) in [5, 5.41) is 21.6. The van der Waals surface area contributed by atoms with E-state index in [-0.39, 0.29) is 19.1 Å². The van der Waals surface area contributed by atoms with Gasteiger partial charge in [0.25, 0.3) is 0 Å². The van der Waals surface area contributed by atoms with Gasteiger partial charge in [-0.3, -0.25) is 4.79 Å². The quantitative estimate of drug-likeness (QED) is 0.635. The third-order valence-electron chi connectivity index (χ3n) is 5.96. The lowest BCUT2D eigenvalue weighted by Crippen LogP contribution is -2.37. The molecular formula is C24H25NO5. The van der Waals surface area contributed by atoms with Crippen LogP contribution in [-0.4, -0.2) is 41.5 Å². The number of carbonyl (C=O) groups excluding carboxylic acids is 1. The molecule has 0 unspecified atom stereocenters. The van der Waals surface area contributed by atoms with Crippen molar-refractivity contribution in [1.82, 2.24) is 5.32 Å². The van der Waals surface area contributed by atoms with E-state index in [1.165, 1.54) is 0 Å². The summed E-state index contributed by atoms with van der Waals surface area (Å²) < 4.78 is 5.50. The molecule has 2 aliphatic rings. The van der Waals surface area contributed by atoms with Gasteiger partial charge in [-0.2, -0.15) is 0 Å². The van der Waals surface area contributed by atoms with Gasteiger partial charge < -0.3 is 20.3 Å². The Hall–Kier alpha value is -3.12. The van der Waals surface area contributed by atoms with E-state index >= 15 is 0 Å². The molecule has 0 spiro atoms. The highest BCUT2D eigenvalue weighted by atomic mass is 16.5. The van der Waals surface area contributed by atoms with Crippen LogP contribution in [0.4, 0.5) is 4.79 Å². The molecule has 0 saturated heterocycles. The first-order valence-corrected chi connectivity index (χ1v) is 10.2. The number of fused-ring (bicyclic) bond motifs is 3. The zero-order valence-electron chi connectivity index (χ0n) is 16.6. The molecule has 1 fully saturated rings. The second kappa shape index (κ2) is 8.71.